The standard InChI is InChI=1S/C23H22ClN3O5/c1-13-20(14(2)27(26-13)17-8-6-5-7-9-17)21(28)23(30)32-15(3)22(29)25-18-12-16(24)10-11-19(18)31-4/h5-12,15H,1-4H3,(H,25,29). The molecule has 0 fully saturated rings. The Balaban J connectivity index is 1.73. The molecule has 1 heterocycles. The summed E-state index contributed by atoms with van der Waals surface area (Å²) in [5, 5.41) is 7.34. The normalized spacial score (nSPS) is 11.5. The van der Waals surface area contributed by atoms with Crippen LogP contribution in [-0.4, -0.2) is 40.7 Å². The number of ketones is 1. The number of Topliss-reactive ketones (excluding diaryl/α,β-unsaturated/α-hetero) is 1. The van der Waals surface area contributed by atoms with E-state index < -0.39 is 23.8 Å². The number of methoxy groups -OCH3 is 1. The molecule has 0 radical (unpaired) electrons. The van der Waals surface area contributed by atoms with Gasteiger partial charge < -0.3 is 14.8 Å². The number of nitrogens with zero attached hydrogens (tertiary/aromatic N) is 2. The van der Waals surface area contributed by atoms with E-state index in [0.29, 0.717) is 27.8 Å². The van der Waals surface area contributed by atoms with Crippen molar-refractivity contribution >= 4 is 34.9 Å². The maximum Gasteiger partial charge on any atom is 0.380 e. The van der Waals surface area contributed by atoms with Gasteiger partial charge in [-0.1, -0.05) is 29.8 Å². The number of carbonyl (C=O) groups excluding carboxylic acids is 3. The molecule has 0 saturated heterocycles. The number of hydrogen-bond acceptors (Lipinski definition) is 6. The van der Waals surface area contributed by atoms with Gasteiger partial charge in [-0.2, -0.15) is 5.10 Å². The van der Waals surface area contributed by atoms with Crippen molar-refractivity contribution < 1.29 is 23.9 Å². The Morgan fingerprint density at radius 1 is 1.09 bits per heavy atom. The number of benzene rings is 2. The summed E-state index contributed by atoms with van der Waals surface area (Å²) in [6.07, 6.45) is -1.24. The zero-order valence-electron chi connectivity index (χ0n) is 18.0. The Morgan fingerprint density at radius 3 is 2.44 bits per heavy atom. The van der Waals surface area contributed by atoms with Crippen molar-refractivity contribution in [2.75, 3.05) is 12.4 Å². The first-order valence-corrected chi connectivity index (χ1v) is 10.1. The molecule has 0 spiro atoms. The number of rotatable bonds is 7. The zero-order chi connectivity index (χ0) is 23.4. The topological polar surface area (TPSA) is 99.5 Å². The first-order valence-electron chi connectivity index (χ1n) is 9.74. The van der Waals surface area contributed by atoms with Crippen LogP contribution < -0.4 is 10.1 Å². The van der Waals surface area contributed by atoms with Gasteiger partial charge in [-0.3, -0.25) is 9.59 Å². The molecule has 1 atom stereocenters. The highest BCUT2D eigenvalue weighted by Gasteiger charge is 2.29. The molecular weight excluding hydrogens is 434 g/mol. The van der Waals surface area contributed by atoms with Crippen LogP contribution in [0, 0.1) is 13.8 Å². The molecule has 32 heavy (non-hydrogen) atoms. The smallest absolute Gasteiger partial charge is 0.380 e. The first-order chi connectivity index (χ1) is 15.2. The third-order valence-corrected chi connectivity index (χ3v) is 5.01. The predicted molar refractivity (Wildman–Crippen MR) is 120 cm³/mol. The van der Waals surface area contributed by atoms with E-state index in [-0.39, 0.29) is 5.56 Å². The minimum absolute atomic E-state index is 0.142. The molecule has 0 saturated carbocycles. The summed E-state index contributed by atoms with van der Waals surface area (Å²) < 4.78 is 11.9. The second-order valence-corrected chi connectivity index (χ2v) is 7.44. The average molecular weight is 456 g/mol. The van der Waals surface area contributed by atoms with Crippen LogP contribution in [0.1, 0.15) is 28.7 Å². The van der Waals surface area contributed by atoms with Gasteiger partial charge in [0.1, 0.15) is 5.75 Å². The number of aryl methyl sites for hydroxylation is 1. The minimum Gasteiger partial charge on any atom is -0.495 e. The van der Waals surface area contributed by atoms with Crippen molar-refractivity contribution in [2.45, 2.75) is 26.9 Å². The van der Waals surface area contributed by atoms with E-state index in [1.807, 2.05) is 30.3 Å². The van der Waals surface area contributed by atoms with E-state index in [0.717, 1.165) is 5.69 Å². The Bertz CT molecular complexity index is 1170. The maximum atomic E-state index is 12.8. The van der Waals surface area contributed by atoms with Gasteiger partial charge >= 0.3 is 5.97 Å². The van der Waals surface area contributed by atoms with E-state index in [1.165, 1.54) is 20.1 Å². The average Bonchev–Trinajstić information content (AvgIpc) is 3.07. The molecule has 1 unspecified atom stereocenters. The summed E-state index contributed by atoms with van der Waals surface area (Å²) in [6.45, 7) is 4.69. The van der Waals surface area contributed by atoms with Gasteiger partial charge in [-0.25, -0.2) is 9.48 Å². The highest BCUT2D eigenvalue weighted by Crippen LogP contribution is 2.28. The number of halogens is 1. The van der Waals surface area contributed by atoms with E-state index in [9.17, 15) is 14.4 Å². The van der Waals surface area contributed by atoms with E-state index in [1.54, 1.807) is 30.7 Å². The summed E-state index contributed by atoms with van der Waals surface area (Å²) in [6, 6.07) is 13.9. The molecule has 1 N–H and O–H groups in total. The molecule has 1 aromatic heterocycles. The van der Waals surface area contributed by atoms with Crippen LogP contribution in [0.25, 0.3) is 5.69 Å². The van der Waals surface area contributed by atoms with Crippen molar-refractivity contribution in [3.05, 3.63) is 70.5 Å². The second kappa shape index (κ2) is 9.65. The van der Waals surface area contributed by atoms with Gasteiger partial charge in [0.05, 0.1) is 35.4 Å². The zero-order valence-corrected chi connectivity index (χ0v) is 18.8. The van der Waals surface area contributed by atoms with E-state index in [2.05, 4.69) is 10.4 Å². The second-order valence-electron chi connectivity index (χ2n) is 7.00. The summed E-state index contributed by atoms with van der Waals surface area (Å²) in [5.74, 6) is -2.27. The number of nitrogens with one attached hydrogen (secondary N) is 1. The number of hydrogen-bond donors (Lipinski definition) is 1. The fourth-order valence-electron chi connectivity index (χ4n) is 3.17. The van der Waals surface area contributed by atoms with Gasteiger partial charge in [-0.15, -0.1) is 0 Å². The molecule has 0 bridgehead atoms. The van der Waals surface area contributed by atoms with Crippen molar-refractivity contribution in [2.24, 2.45) is 0 Å². The lowest BCUT2D eigenvalue weighted by atomic mass is 10.1. The van der Waals surface area contributed by atoms with Crippen molar-refractivity contribution in [3.8, 4) is 11.4 Å². The third-order valence-electron chi connectivity index (χ3n) is 4.78. The van der Waals surface area contributed by atoms with Crippen molar-refractivity contribution in [3.63, 3.8) is 0 Å². The van der Waals surface area contributed by atoms with Crippen LogP contribution in [0.4, 0.5) is 5.69 Å². The predicted octanol–water partition coefficient (Wildman–Crippen LogP) is 3.90. The molecule has 3 aromatic rings. The quantitative estimate of drug-likeness (QED) is 0.329. The summed E-state index contributed by atoms with van der Waals surface area (Å²) in [5.41, 5.74) is 2.09. The van der Waals surface area contributed by atoms with Gasteiger partial charge in [0, 0.05) is 5.02 Å². The van der Waals surface area contributed by atoms with Crippen LogP contribution in [0.15, 0.2) is 48.5 Å². The number of carbonyl (C=O) groups is 3. The maximum absolute atomic E-state index is 12.8. The van der Waals surface area contributed by atoms with Gasteiger partial charge in [0.2, 0.25) is 0 Å². The lowest BCUT2D eigenvalue weighted by molar-refractivity contribution is -0.148. The van der Waals surface area contributed by atoms with Crippen molar-refractivity contribution in [1.82, 2.24) is 9.78 Å². The molecule has 2 aromatic carbocycles. The van der Waals surface area contributed by atoms with E-state index in [4.69, 9.17) is 21.1 Å². The molecule has 8 nitrogen and oxygen atoms in total. The lowest BCUT2D eigenvalue weighted by Crippen LogP contribution is -2.33. The van der Waals surface area contributed by atoms with Crippen molar-refractivity contribution in [1.29, 1.82) is 0 Å². The number of aromatic nitrogens is 2. The van der Waals surface area contributed by atoms with Crippen LogP contribution in [0.2, 0.25) is 5.02 Å². The lowest BCUT2D eigenvalue weighted by Gasteiger charge is -2.15. The Kier molecular flexibility index (Phi) is 6.95. The fraction of sp³-hybridized carbons (Fsp3) is 0.217. The van der Waals surface area contributed by atoms with Crippen LogP contribution in [0.3, 0.4) is 0 Å². The summed E-state index contributed by atoms with van der Waals surface area (Å²) in [7, 11) is 1.45. The largest absolute Gasteiger partial charge is 0.495 e. The minimum atomic E-state index is -1.24. The monoisotopic (exact) mass is 455 g/mol. The van der Waals surface area contributed by atoms with Crippen LogP contribution in [0.5, 0.6) is 5.75 Å². The first kappa shape index (κ1) is 23.0. The van der Waals surface area contributed by atoms with Gasteiger partial charge in [0.15, 0.2) is 6.10 Å². The molecule has 3 rings (SSSR count). The Morgan fingerprint density at radius 2 is 1.78 bits per heavy atom. The molecule has 1 amide bonds. The third kappa shape index (κ3) is 4.81. The molecule has 0 aliphatic rings. The summed E-state index contributed by atoms with van der Waals surface area (Å²) >= 11 is 5.96. The molecule has 9 heteroatoms. The van der Waals surface area contributed by atoms with Crippen LogP contribution in [-0.2, 0) is 14.3 Å². The SMILES string of the molecule is COc1ccc(Cl)cc1NC(=O)C(C)OC(=O)C(=O)c1c(C)nn(-c2ccccc2)c1C. The number of ether oxygens (including phenoxy) is 2. The number of anilines is 1. The number of amides is 1. The molecule has 0 aliphatic heterocycles. The molecular formula is C23H22ClN3O5. The Labute approximate surface area is 190 Å². The van der Waals surface area contributed by atoms with Crippen LogP contribution >= 0.6 is 11.6 Å². The van der Waals surface area contributed by atoms with Gasteiger partial charge in [-0.05, 0) is 51.1 Å². The highest BCUT2D eigenvalue weighted by atomic mass is 35.5. The Hall–Kier alpha value is -3.65. The summed E-state index contributed by atoms with van der Waals surface area (Å²) in [4.78, 5) is 37.8. The van der Waals surface area contributed by atoms with E-state index >= 15 is 0 Å². The fourth-order valence-corrected chi connectivity index (χ4v) is 3.35. The van der Waals surface area contributed by atoms with Gasteiger partial charge in [0.25, 0.3) is 11.7 Å². The number of para-hydroxylation sites is 1. The number of esters is 1. The molecule has 0 aliphatic carbocycles. The highest BCUT2D eigenvalue weighted by molar-refractivity contribution is 6.41. The molecule has 166 valence electrons.